The van der Waals surface area contributed by atoms with Crippen LogP contribution in [0.5, 0.6) is 0 Å². The van der Waals surface area contributed by atoms with Crippen LogP contribution in [0.15, 0.2) is 24.3 Å². The van der Waals surface area contributed by atoms with Crippen LogP contribution in [0.1, 0.15) is 24.5 Å². The minimum Gasteiger partial charge on any atom is -0.316 e. The summed E-state index contributed by atoms with van der Waals surface area (Å²) in [6.07, 6.45) is 1.32. The monoisotopic (exact) mass is 216 g/mol. The number of nitrogens with zero attached hydrogens (tertiary/aromatic N) is 1. The quantitative estimate of drug-likeness (QED) is 0.813. The second-order valence-electron chi connectivity index (χ2n) is 5.65. The molecule has 3 rings (SSSR count). The molecule has 1 fully saturated rings. The summed E-state index contributed by atoms with van der Waals surface area (Å²) in [6, 6.07) is 8.84. The van der Waals surface area contributed by atoms with Gasteiger partial charge in [-0.3, -0.25) is 4.90 Å². The van der Waals surface area contributed by atoms with E-state index < -0.39 is 0 Å². The van der Waals surface area contributed by atoms with Crippen molar-refractivity contribution in [2.75, 3.05) is 19.6 Å². The topological polar surface area (TPSA) is 15.3 Å². The molecule has 0 bridgehead atoms. The molecular weight excluding hydrogens is 196 g/mol. The van der Waals surface area contributed by atoms with Crippen molar-refractivity contribution < 1.29 is 0 Å². The first kappa shape index (κ1) is 10.3. The summed E-state index contributed by atoms with van der Waals surface area (Å²) in [6.45, 7) is 8.30. The predicted octanol–water partition coefficient (Wildman–Crippen LogP) is 2.00. The Balaban J connectivity index is 1.68. The molecule has 0 aromatic heterocycles. The average molecular weight is 216 g/mol. The lowest BCUT2D eigenvalue weighted by Gasteiger charge is -2.28. The molecule has 0 amide bonds. The number of fused-ring (bicyclic) bond motifs is 1. The molecule has 2 aliphatic rings. The van der Waals surface area contributed by atoms with Gasteiger partial charge in [-0.2, -0.15) is 0 Å². The van der Waals surface area contributed by atoms with Crippen molar-refractivity contribution >= 4 is 0 Å². The van der Waals surface area contributed by atoms with Crippen molar-refractivity contribution in [3.8, 4) is 0 Å². The van der Waals surface area contributed by atoms with E-state index in [0.29, 0.717) is 5.41 Å². The summed E-state index contributed by atoms with van der Waals surface area (Å²) in [7, 11) is 0. The van der Waals surface area contributed by atoms with Crippen LogP contribution >= 0.6 is 0 Å². The minimum absolute atomic E-state index is 0.488. The molecule has 1 unspecified atom stereocenters. The lowest BCUT2D eigenvalue weighted by molar-refractivity contribution is 0.179. The van der Waals surface area contributed by atoms with Crippen LogP contribution in [0, 0.1) is 5.41 Å². The van der Waals surface area contributed by atoms with Crippen LogP contribution in [0.3, 0.4) is 0 Å². The van der Waals surface area contributed by atoms with E-state index in [9.17, 15) is 0 Å². The smallest absolute Gasteiger partial charge is 0.0240 e. The molecule has 1 atom stereocenters. The highest BCUT2D eigenvalue weighted by Gasteiger charge is 2.32. The molecule has 16 heavy (non-hydrogen) atoms. The van der Waals surface area contributed by atoms with Crippen molar-refractivity contribution in [2.45, 2.75) is 26.4 Å². The van der Waals surface area contributed by atoms with Gasteiger partial charge in [0, 0.05) is 26.2 Å². The Morgan fingerprint density at radius 3 is 2.50 bits per heavy atom. The summed E-state index contributed by atoms with van der Waals surface area (Å²) in [5.41, 5.74) is 3.54. The first-order valence-electron chi connectivity index (χ1n) is 6.25. The Labute approximate surface area is 97.6 Å². The summed E-state index contributed by atoms with van der Waals surface area (Å²) in [5.74, 6) is 0. The molecule has 0 aliphatic carbocycles. The molecule has 0 radical (unpaired) electrons. The molecule has 1 N–H and O–H groups in total. The minimum atomic E-state index is 0.488. The average Bonchev–Trinajstić information content (AvgIpc) is 2.84. The van der Waals surface area contributed by atoms with Gasteiger partial charge in [0.15, 0.2) is 0 Å². The molecule has 1 saturated heterocycles. The fraction of sp³-hybridized carbons (Fsp3) is 0.571. The van der Waals surface area contributed by atoms with Gasteiger partial charge in [-0.15, -0.1) is 0 Å². The third-order valence-corrected chi connectivity index (χ3v) is 3.97. The maximum Gasteiger partial charge on any atom is 0.0240 e. The van der Waals surface area contributed by atoms with E-state index in [0.717, 1.165) is 13.1 Å². The van der Waals surface area contributed by atoms with Gasteiger partial charge in [-0.25, -0.2) is 0 Å². The first-order valence-corrected chi connectivity index (χ1v) is 6.25. The van der Waals surface area contributed by atoms with Gasteiger partial charge in [-0.05, 0) is 29.5 Å². The molecule has 2 heterocycles. The summed E-state index contributed by atoms with van der Waals surface area (Å²) >= 11 is 0. The number of rotatable bonds is 2. The zero-order valence-electron chi connectivity index (χ0n) is 10.00. The lowest BCUT2D eigenvalue weighted by Crippen LogP contribution is -2.34. The number of benzene rings is 1. The van der Waals surface area contributed by atoms with Crippen LogP contribution in [-0.4, -0.2) is 24.5 Å². The molecule has 2 aliphatic heterocycles. The Morgan fingerprint density at radius 1 is 1.25 bits per heavy atom. The molecule has 2 nitrogen and oxygen atoms in total. The standard InChI is InChI=1S/C14H20N2/c1-14(6-7-15-10-14)11-16-8-12-4-2-3-5-13(12)9-16/h2-5,15H,6-11H2,1H3. The van der Waals surface area contributed by atoms with E-state index >= 15 is 0 Å². The van der Waals surface area contributed by atoms with Crippen molar-refractivity contribution in [1.82, 2.24) is 10.2 Å². The molecule has 0 saturated carbocycles. The Bertz CT molecular complexity index is 355. The van der Waals surface area contributed by atoms with Gasteiger partial charge >= 0.3 is 0 Å². The summed E-state index contributed by atoms with van der Waals surface area (Å²) in [4.78, 5) is 2.59. The number of hydrogen-bond acceptors (Lipinski definition) is 2. The normalized spacial score (nSPS) is 29.6. The second kappa shape index (κ2) is 3.86. The molecule has 0 spiro atoms. The van der Waals surface area contributed by atoms with Gasteiger partial charge in [0.25, 0.3) is 0 Å². The van der Waals surface area contributed by atoms with Gasteiger partial charge in [0.05, 0.1) is 0 Å². The zero-order chi connectivity index (χ0) is 11.0. The lowest BCUT2D eigenvalue weighted by atomic mass is 9.89. The summed E-state index contributed by atoms with van der Waals surface area (Å²) < 4.78 is 0. The maximum atomic E-state index is 3.48. The number of nitrogens with one attached hydrogen (secondary N) is 1. The van der Waals surface area contributed by atoms with Crippen molar-refractivity contribution in [2.24, 2.45) is 5.41 Å². The fourth-order valence-electron chi connectivity index (χ4n) is 3.06. The highest BCUT2D eigenvalue weighted by atomic mass is 15.2. The number of hydrogen-bond donors (Lipinski definition) is 1. The van der Waals surface area contributed by atoms with Crippen LogP contribution in [0.25, 0.3) is 0 Å². The highest BCUT2D eigenvalue weighted by Crippen LogP contribution is 2.30. The third kappa shape index (κ3) is 1.87. The van der Waals surface area contributed by atoms with Crippen LogP contribution in [0.2, 0.25) is 0 Å². The van der Waals surface area contributed by atoms with E-state index in [2.05, 4.69) is 41.4 Å². The van der Waals surface area contributed by atoms with Gasteiger partial charge < -0.3 is 5.32 Å². The SMILES string of the molecule is CC1(CN2Cc3ccccc3C2)CCNC1. The Hall–Kier alpha value is -0.860. The highest BCUT2D eigenvalue weighted by molar-refractivity contribution is 5.30. The molecular formula is C14H20N2. The van der Waals surface area contributed by atoms with Crippen molar-refractivity contribution in [1.29, 1.82) is 0 Å². The van der Waals surface area contributed by atoms with E-state index in [1.165, 1.54) is 37.2 Å². The van der Waals surface area contributed by atoms with Crippen molar-refractivity contribution in [3.05, 3.63) is 35.4 Å². The molecule has 1 aromatic carbocycles. The van der Waals surface area contributed by atoms with E-state index in [-0.39, 0.29) is 0 Å². The van der Waals surface area contributed by atoms with Crippen LogP contribution < -0.4 is 5.32 Å². The largest absolute Gasteiger partial charge is 0.316 e. The van der Waals surface area contributed by atoms with E-state index in [1.54, 1.807) is 0 Å². The van der Waals surface area contributed by atoms with Crippen LogP contribution in [0.4, 0.5) is 0 Å². The maximum absolute atomic E-state index is 3.48. The molecule has 2 heteroatoms. The fourth-order valence-corrected chi connectivity index (χ4v) is 3.06. The first-order chi connectivity index (χ1) is 7.75. The Kier molecular flexibility index (Phi) is 2.49. The molecule has 86 valence electrons. The molecule has 1 aromatic rings. The van der Waals surface area contributed by atoms with Gasteiger partial charge in [0.1, 0.15) is 0 Å². The van der Waals surface area contributed by atoms with Gasteiger partial charge in [-0.1, -0.05) is 31.2 Å². The predicted molar refractivity (Wildman–Crippen MR) is 66.1 cm³/mol. The van der Waals surface area contributed by atoms with Crippen molar-refractivity contribution in [3.63, 3.8) is 0 Å². The van der Waals surface area contributed by atoms with E-state index in [1.807, 2.05) is 0 Å². The Morgan fingerprint density at radius 2 is 1.94 bits per heavy atom. The van der Waals surface area contributed by atoms with Crippen LogP contribution in [-0.2, 0) is 13.1 Å². The second-order valence-corrected chi connectivity index (χ2v) is 5.65. The summed E-state index contributed by atoms with van der Waals surface area (Å²) in [5, 5.41) is 3.48. The zero-order valence-corrected chi connectivity index (χ0v) is 10.00. The third-order valence-electron chi connectivity index (χ3n) is 3.97. The van der Waals surface area contributed by atoms with E-state index in [4.69, 9.17) is 0 Å². The van der Waals surface area contributed by atoms with Gasteiger partial charge in [0.2, 0.25) is 0 Å².